The first-order valence-corrected chi connectivity index (χ1v) is 22.6. The van der Waals surface area contributed by atoms with Crippen molar-refractivity contribution >= 4 is 39.6 Å². The molecular weight excluding hydrogens is 793 g/mol. The SMILES string of the molecule is CC[C@H](C)[C@@H]([C@@H](CC(=O)N1CCC[C@H]1[C@H](OC)[C@@H](C)C(=O)N[C@@H](Cc1ccccc1)C(=O)NS(=O)(=O)CCCN=[N+]=[N-])OC)N(C)C(=O)[C@@H](N=C1N(C)CCN1C)C(C)C. The van der Waals surface area contributed by atoms with Crippen molar-refractivity contribution in [2.45, 2.75) is 110 Å². The minimum atomic E-state index is -4.10. The highest BCUT2D eigenvalue weighted by Crippen LogP contribution is 2.30. The number of ether oxygens (including phenoxy) is 2. The number of carbonyl (C=O) groups excluding carboxylic acids is 4. The Balaban J connectivity index is 1.81. The fourth-order valence-electron chi connectivity index (χ4n) is 8.12. The van der Waals surface area contributed by atoms with E-state index in [0.717, 1.165) is 25.5 Å². The zero-order chi connectivity index (χ0) is 44.7. The Morgan fingerprint density at radius 1 is 1.00 bits per heavy atom. The van der Waals surface area contributed by atoms with Gasteiger partial charge in [0.15, 0.2) is 5.96 Å². The van der Waals surface area contributed by atoms with Gasteiger partial charge >= 0.3 is 0 Å². The highest BCUT2D eigenvalue weighted by molar-refractivity contribution is 7.90. The van der Waals surface area contributed by atoms with Gasteiger partial charge < -0.3 is 34.4 Å². The van der Waals surface area contributed by atoms with Crippen LogP contribution in [0.5, 0.6) is 0 Å². The molecule has 0 radical (unpaired) electrons. The lowest BCUT2D eigenvalue weighted by atomic mass is 9.89. The number of hydrogen-bond donors (Lipinski definition) is 2. The summed E-state index contributed by atoms with van der Waals surface area (Å²) in [7, 11) is 4.62. The molecule has 18 nitrogen and oxygen atoms in total. The van der Waals surface area contributed by atoms with Crippen LogP contribution in [-0.2, 0) is 45.1 Å². The van der Waals surface area contributed by atoms with Crippen LogP contribution in [0.4, 0.5) is 0 Å². The van der Waals surface area contributed by atoms with Gasteiger partial charge in [0, 0.05) is 72.9 Å². The van der Waals surface area contributed by atoms with Crippen LogP contribution in [0.25, 0.3) is 10.4 Å². The van der Waals surface area contributed by atoms with Gasteiger partial charge in [-0.25, -0.2) is 13.4 Å². The number of sulfonamides is 1. The smallest absolute Gasteiger partial charge is 0.256 e. The monoisotopic (exact) mass is 860 g/mol. The summed E-state index contributed by atoms with van der Waals surface area (Å²) in [6.07, 6.45) is 0.564. The number of benzene rings is 1. The summed E-state index contributed by atoms with van der Waals surface area (Å²) < 4.78 is 39.5. The molecule has 0 aliphatic carbocycles. The minimum absolute atomic E-state index is 0.00817. The predicted octanol–water partition coefficient (Wildman–Crippen LogP) is 3.04. The van der Waals surface area contributed by atoms with Gasteiger partial charge in [0.05, 0.1) is 42.4 Å². The summed E-state index contributed by atoms with van der Waals surface area (Å²) in [4.78, 5) is 71.1. The molecular formula is C41H68N10O8S. The second-order valence-electron chi connectivity index (χ2n) is 16.4. The molecule has 2 fully saturated rings. The Labute approximate surface area is 356 Å². The van der Waals surface area contributed by atoms with Crippen molar-refractivity contribution < 1.29 is 37.1 Å². The van der Waals surface area contributed by atoms with Crippen LogP contribution in [0.1, 0.15) is 72.3 Å². The molecule has 0 unspecified atom stereocenters. The van der Waals surface area contributed by atoms with Crippen molar-refractivity contribution in [3.05, 3.63) is 46.3 Å². The molecule has 2 aliphatic heterocycles. The summed E-state index contributed by atoms with van der Waals surface area (Å²) in [6.45, 7) is 11.7. The van der Waals surface area contributed by atoms with Crippen LogP contribution in [0.15, 0.2) is 40.4 Å². The number of rotatable bonds is 23. The van der Waals surface area contributed by atoms with Gasteiger partial charge in [-0.3, -0.25) is 23.9 Å². The zero-order valence-corrected chi connectivity index (χ0v) is 37.9. The largest absolute Gasteiger partial charge is 0.379 e. The molecule has 8 atom stereocenters. The third-order valence-corrected chi connectivity index (χ3v) is 13.1. The van der Waals surface area contributed by atoms with Gasteiger partial charge in [-0.05, 0) is 42.2 Å². The Bertz CT molecular complexity index is 1760. The summed E-state index contributed by atoms with van der Waals surface area (Å²) in [5.41, 5.74) is 9.19. The molecule has 336 valence electrons. The predicted molar refractivity (Wildman–Crippen MR) is 230 cm³/mol. The van der Waals surface area contributed by atoms with E-state index < -0.39 is 69.9 Å². The minimum Gasteiger partial charge on any atom is -0.379 e. The molecule has 3 rings (SSSR count). The normalized spacial score (nSPS) is 19.1. The summed E-state index contributed by atoms with van der Waals surface area (Å²) >= 11 is 0. The number of aliphatic imine (C=N–C) groups is 1. The molecule has 2 N–H and O–H groups in total. The highest BCUT2D eigenvalue weighted by atomic mass is 32.2. The number of carbonyl (C=O) groups is 4. The van der Waals surface area contributed by atoms with E-state index in [4.69, 9.17) is 20.0 Å². The zero-order valence-electron chi connectivity index (χ0n) is 37.1. The number of guanidine groups is 1. The van der Waals surface area contributed by atoms with Crippen molar-refractivity contribution in [1.29, 1.82) is 0 Å². The average Bonchev–Trinajstić information content (AvgIpc) is 3.83. The van der Waals surface area contributed by atoms with Gasteiger partial charge in [0.25, 0.3) is 5.91 Å². The molecule has 2 saturated heterocycles. The lowest BCUT2D eigenvalue weighted by Gasteiger charge is -2.40. The van der Waals surface area contributed by atoms with Gasteiger partial charge in [0.2, 0.25) is 27.7 Å². The molecule has 0 aromatic heterocycles. The Morgan fingerprint density at radius 3 is 2.22 bits per heavy atom. The Morgan fingerprint density at radius 2 is 1.65 bits per heavy atom. The number of likely N-dealkylation sites (tertiary alicyclic amines) is 1. The van der Waals surface area contributed by atoms with Crippen molar-refractivity contribution in [2.75, 3.05) is 67.3 Å². The number of likely N-dealkylation sites (N-methyl/N-ethyl adjacent to an activating group) is 3. The van der Waals surface area contributed by atoms with Crippen LogP contribution < -0.4 is 10.0 Å². The number of amides is 4. The molecule has 0 spiro atoms. The average molecular weight is 861 g/mol. The molecule has 19 heteroatoms. The van der Waals surface area contributed by atoms with E-state index in [1.807, 2.05) is 51.6 Å². The van der Waals surface area contributed by atoms with Gasteiger partial charge in [0.1, 0.15) is 12.1 Å². The molecule has 4 amide bonds. The van der Waals surface area contributed by atoms with Gasteiger partial charge in [-0.1, -0.05) is 76.5 Å². The lowest BCUT2D eigenvalue weighted by molar-refractivity contribution is -0.146. The summed E-state index contributed by atoms with van der Waals surface area (Å²) in [5, 5.41) is 6.09. The topological polar surface area (TPSA) is 219 Å². The quantitative estimate of drug-likeness (QED) is 0.0709. The van der Waals surface area contributed by atoms with Crippen molar-refractivity contribution in [3.8, 4) is 0 Å². The fraction of sp³-hybridized carbons (Fsp3) is 0.732. The number of nitrogens with one attached hydrogen (secondary N) is 2. The first-order valence-electron chi connectivity index (χ1n) is 20.9. The summed E-state index contributed by atoms with van der Waals surface area (Å²) in [5.74, 6) is -2.45. The first kappa shape index (κ1) is 49.9. The van der Waals surface area contributed by atoms with E-state index in [1.54, 1.807) is 61.2 Å². The van der Waals surface area contributed by atoms with Gasteiger partial charge in [-0.2, -0.15) is 0 Å². The molecule has 0 bridgehead atoms. The first-order chi connectivity index (χ1) is 28.4. The second kappa shape index (κ2) is 23.5. The van der Waals surface area contributed by atoms with Crippen LogP contribution in [0.3, 0.4) is 0 Å². The third kappa shape index (κ3) is 13.5. The van der Waals surface area contributed by atoms with Crippen LogP contribution in [-0.4, -0.2) is 161 Å². The molecule has 0 saturated carbocycles. The van der Waals surface area contributed by atoms with Crippen molar-refractivity contribution in [2.24, 2.45) is 27.9 Å². The fourth-order valence-corrected chi connectivity index (χ4v) is 9.18. The van der Waals surface area contributed by atoms with Gasteiger partial charge in [-0.15, -0.1) is 0 Å². The van der Waals surface area contributed by atoms with Crippen LogP contribution in [0.2, 0.25) is 0 Å². The highest BCUT2D eigenvalue weighted by Gasteiger charge is 2.43. The number of azide groups is 1. The molecule has 1 aromatic carbocycles. The maximum absolute atomic E-state index is 14.3. The van der Waals surface area contributed by atoms with Crippen molar-refractivity contribution in [3.63, 3.8) is 0 Å². The van der Waals surface area contributed by atoms with E-state index in [1.165, 1.54) is 7.11 Å². The Hall–Kier alpha value is -4.45. The number of nitrogens with zero attached hydrogens (tertiary/aromatic N) is 8. The Kier molecular flexibility index (Phi) is 19.6. The molecule has 2 aliphatic rings. The van der Waals surface area contributed by atoms with Crippen LogP contribution in [0, 0.1) is 17.8 Å². The maximum atomic E-state index is 14.3. The van der Waals surface area contributed by atoms with E-state index in [9.17, 15) is 27.6 Å². The number of hydrogen-bond acceptors (Lipinski definition) is 10. The van der Waals surface area contributed by atoms with E-state index in [0.29, 0.717) is 24.9 Å². The maximum Gasteiger partial charge on any atom is 0.256 e. The number of methoxy groups -OCH3 is 2. The molecule has 2 heterocycles. The van der Waals surface area contributed by atoms with Crippen LogP contribution >= 0.6 is 0 Å². The molecule has 60 heavy (non-hydrogen) atoms. The van der Waals surface area contributed by atoms with Crippen molar-refractivity contribution in [1.82, 2.24) is 29.6 Å². The van der Waals surface area contributed by atoms with E-state index in [2.05, 4.69) is 20.1 Å². The van der Waals surface area contributed by atoms with E-state index in [-0.39, 0.29) is 49.5 Å². The standard InChI is InChI=1S/C41H68N10O8S/c1-11-28(4)36(50(8)40(55)35(27(2)3)45-41-48(6)22-23-49(41)7)33(58-9)26-34(52)51-21-15-19-32(51)37(59-10)29(5)38(53)44-31(25-30-17-13-12-14-18-30)39(54)46-60(56,57)24-16-20-43-47-42/h12-14,17-18,27-29,31-33,35-37H,11,15-16,19-26H2,1-10H3,(H,44,53)(H,46,54)/t28-,29+,31-,32-,33+,35-,36-,37+/m0/s1. The van der Waals surface area contributed by atoms with E-state index >= 15 is 0 Å². The second-order valence-corrected chi connectivity index (χ2v) is 18.2. The molecule has 1 aromatic rings. The third-order valence-electron chi connectivity index (χ3n) is 11.8. The summed E-state index contributed by atoms with van der Waals surface area (Å²) in [6, 6.07) is 6.06. The lowest BCUT2D eigenvalue weighted by Crippen LogP contribution is -2.56.